The second-order valence-electron chi connectivity index (χ2n) is 6.56. The first-order valence-corrected chi connectivity index (χ1v) is 9.83. The molecule has 0 atom stereocenters. The predicted octanol–water partition coefficient (Wildman–Crippen LogP) is 3.59. The van der Waals surface area contributed by atoms with Crippen LogP contribution in [0.1, 0.15) is 28.5 Å². The Morgan fingerprint density at radius 3 is 2.62 bits per heavy atom. The quantitative estimate of drug-likeness (QED) is 0.591. The molecule has 0 bridgehead atoms. The largest absolute Gasteiger partial charge is 0.452 e. The molecule has 1 heterocycles. The highest BCUT2D eigenvalue weighted by Gasteiger charge is 2.14. The molecule has 0 aliphatic heterocycles. The van der Waals surface area contributed by atoms with Crippen molar-refractivity contribution in [3.05, 3.63) is 68.0 Å². The lowest BCUT2D eigenvalue weighted by Gasteiger charge is -2.11. The van der Waals surface area contributed by atoms with Crippen LogP contribution in [0.5, 0.6) is 0 Å². The molecule has 0 spiro atoms. The third-order valence-corrected chi connectivity index (χ3v) is 5.05. The first-order chi connectivity index (χ1) is 13.8. The van der Waals surface area contributed by atoms with Gasteiger partial charge >= 0.3 is 5.97 Å². The number of amides is 1. The molecule has 2 aromatic carbocycles. The summed E-state index contributed by atoms with van der Waals surface area (Å²) in [7, 11) is 0. The number of carbonyl (C=O) groups is 2. The normalized spacial score (nSPS) is 10.8. The lowest BCUT2D eigenvalue weighted by molar-refractivity contribution is -0.119. The highest BCUT2D eigenvalue weighted by Crippen LogP contribution is 2.23. The lowest BCUT2D eigenvalue weighted by atomic mass is 10.2. The smallest absolute Gasteiger partial charge is 0.338 e. The highest BCUT2D eigenvalue weighted by atomic mass is 79.9. The molecule has 0 aliphatic rings. The van der Waals surface area contributed by atoms with Gasteiger partial charge in [0.2, 0.25) is 0 Å². The van der Waals surface area contributed by atoms with Gasteiger partial charge in [-0.05, 0) is 72.6 Å². The molecular weight excluding hydrogens is 438 g/mol. The standard InChI is InChI=1S/C21H20BrN3O4/c1-4-25-18-8-6-14(10-17(18)23-13(3)20(25)27)21(28)29-11-19(26)24-16-7-5-12(2)9-15(16)22/h5-10H,4,11H2,1-3H3,(H,24,26). The van der Waals surface area contributed by atoms with Crippen molar-refractivity contribution in [3.63, 3.8) is 0 Å². The zero-order valence-electron chi connectivity index (χ0n) is 16.3. The summed E-state index contributed by atoms with van der Waals surface area (Å²) in [5.41, 5.74) is 3.26. The summed E-state index contributed by atoms with van der Waals surface area (Å²) in [4.78, 5) is 40.9. The van der Waals surface area contributed by atoms with Gasteiger partial charge in [-0.1, -0.05) is 6.07 Å². The van der Waals surface area contributed by atoms with Crippen molar-refractivity contribution < 1.29 is 14.3 Å². The van der Waals surface area contributed by atoms with Crippen molar-refractivity contribution in [1.29, 1.82) is 0 Å². The molecule has 0 saturated carbocycles. The number of hydrogen-bond acceptors (Lipinski definition) is 5. The van der Waals surface area contributed by atoms with Gasteiger partial charge in [-0.2, -0.15) is 0 Å². The van der Waals surface area contributed by atoms with Crippen LogP contribution in [0.2, 0.25) is 0 Å². The molecule has 3 rings (SSSR count). The molecule has 0 saturated heterocycles. The van der Waals surface area contributed by atoms with E-state index in [2.05, 4.69) is 26.2 Å². The number of carbonyl (C=O) groups excluding carboxylic acids is 2. The summed E-state index contributed by atoms with van der Waals surface area (Å²) in [6.07, 6.45) is 0. The number of aryl methyl sites for hydroxylation is 3. The fraction of sp³-hybridized carbons (Fsp3) is 0.238. The van der Waals surface area contributed by atoms with E-state index in [-0.39, 0.29) is 11.1 Å². The predicted molar refractivity (Wildman–Crippen MR) is 114 cm³/mol. The zero-order valence-corrected chi connectivity index (χ0v) is 17.9. The molecule has 29 heavy (non-hydrogen) atoms. The van der Waals surface area contributed by atoms with Crippen LogP contribution in [0, 0.1) is 13.8 Å². The Morgan fingerprint density at radius 2 is 1.93 bits per heavy atom. The lowest BCUT2D eigenvalue weighted by Crippen LogP contribution is -2.23. The van der Waals surface area contributed by atoms with Crippen LogP contribution in [0.3, 0.4) is 0 Å². The third kappa shape index (κ3) is 4.54. The Morgan fingerprint density at radius 1 is 1.17 bits per heavy atom. The third-order valence-electron chi connectivity index (χ3n) is 4.39. The number of hydrogen-bond donors (Lipinski definition) is 1. The molecule has 1 amide bonds. The van der Waals surface area contributed by atoms with Crippen LogP contribution >= 0.6 is 15.9 Å². The van der Waals surface area contributed by atoms with E-state index in [4.69, 9.17) is 4.74 Å². The molecule has 3 aromatic rings. The highest BCUT2D eigenvalue weighted by molar-refractivity contribution is 9.10. The minimum atomic E-state index is -0.640. The summed E-state index contributed by atoms with van der Waals surface area (Å²) in [5.74, 6) is -1.09. The molecule has 0 radical (unpaired) electrons. The maximum Gasteiger partial charge on any atom is 0.338 e. The summed E-state index contributed by atoms with van der Waals surface area (Å²) >= 11 is 3.38. The van der Waals surface area contributed by atoms with Crippen LogP contribution in [0.4, 0.5) is 5.69 Å². The van der Waals surface area contributed by atoms with Crippen LogP contribution in [-0.2, 0) is 16.1 Å². The van der Waals surface area contributed by atoms with Gasteiger partial charge in [0, 0.05) is 11.0 Å². The van der Waals surface area contributed by atoms with Gasteiger partial charge in [0.1, 0.15) is 5.69 Å². The molecular formula is C21H20BrN3O4. The van der Waals surface area contributed by atoms with Crippen LogP contribution < -0.4 is 10.9 Å². The molecule has 8 heteroatoms. The second-order valence-corrected chi connectivity index (χ2v) is 7.41. The molecule has 150 valence electrons. The number of nitrogens with zero attached hydrogens (tertiary/aromatic N) is 2. The van der Waals surface area contributed by atoms with Crippen molar-refractivity contribution in [2.75, 3.05) is 11.9 Å². The Labute approximate surface area is 175 Å². The zero-order chi connectivity index (χ0) is 21.1. The summed E-state index contributed by atoms with van der Waals surface area (Å²) < 4.78 is 7.46. The summed E-state index contributed by atoms with van der Waals surface area (Å²) in [6, 6.07) is 10.3. The maximum atomic E-state index is 12.4. The van der Waals surface area contributed by atoms with Gasteiger partial charge in [0.25, 0.3) is 11.5 Å². The Hall–Kier alpha value is -3.00. The fourth-order valence-electron chi connectivity index (χ4n) is 2.94. The van der Waals surface area contributed by atoms with Crippen LogP contribution in [0.25, 0.3) is 11.0 Å². The van der Waals surface area contributed by atoms with Gasteiger partial charge in [-0.25, -0.2) is 9.78 Å². The van der Waals surface area contributed by atoms with Gasteiger partial charge < -0.3 is 14.6 Å². The molecule has 0 aliphatic carbocycles. The first-order valence-electron chi connectivity index (χ1n) is 9.04. The number of fused-ring (bicyclic) bond motifs is 1. The van der Waals surface area contributed by atoms with Crippen LogP contribution in [0.15, 0.2) is 45.7 Å². The van der Waals surface area contributed by atoms with Gasteiger partial charge in [-0.3, -0.25) is 9.59 Å². The number of ether oxygens (including phenoxy) is 1. The van der Waals surface area contributed by atoms with E-state index in [0.717, 1.165) is 10.0 Å². The molecule has 1 aromatic heterocycles. The Kier molecular flexibility index (Phi) is 6.12. The van der Waals surface area contributed by atoms with E-state index < -0.39 is 18.5 Å². The number of benzene rings is 2. The van der Waals surface area contributed by atoms with E-state index in [1.54, 1.807) is 35.8 Å². The van der Waals surface area contributed by atoms with E-state index in [0.29, 0.717) is 29.0 Å². The SMILES string of the molecule is CCn1c(=O)c(C)nc2cc(C(=O)OCC(=O)Nc3ccc(C)cc3Br)ccc21. The maximum absolute atomic E-state index is 12.4. The van der Waals surface area contributed by atoms with E-state index >= 15 is 0 Å². The molecule has 7 nitrogen and oxygen atoms in total. The first kappa shape index (κ1) is 20.7. The summed E-state index contributed by atoms with van der Waals surface area (Å²) in [6.45, 7) is 5.52. The fourth-order valence-corrected chi connectivity index (χ4v) is 3.53. The average molecular weight is 458 g/mol. The molecule has 1 N–H and O–H groups in total. The number of anilines is 1. The van der Waals surface area contributed by atoms with E-state index in [9.17, 15) is 14.4 Å². The number of halogens is 1. The van der Waals surface area contributed by atoms with Crippen LogP contribution in [-0.4, -0.2) is 28.0 Å². The van der Waals surface area contributed by atoms with E-state index in [1.165, 1.54) is 0 Å². The van der Waals surface area contributed by atoms with Gasteiger partial charge in [0.05, 0.1) is 22.3 Å². The Bertz CT molecular complexity index is 1170. The Balaban J connectivity index is 1.72. The van der Waals surface area contributed by atoms with Crippen molar-refractivity contribution in [1.82, 2.24) is 9.55 Å². The van der Waals surface area contributed by atoms with Gasteiger partial charge in [-0.15, -0.1) is 0 Å². The molecule has 0 fully saturated rings. The monoisotopic (exact) mass is 457 g/mol. The minimum Gasteiger partial charge on any atom is -0.452 e. The number of rotatable bonds is 5. The van der Waals surface area contributed by atoms with Crippen molar-refractivity contribution >= 4 is 44.5 Å². The number of esters is 1. The minimum absolute atomic E-state index is 0.158. The number of aromatic nitrogens is 2. The summed E-state index contributed by atoms with van der Waals surface area (Å²) in [5, 5.41) is 2.69. The van der Waals surface area contributed by atoms with Crippen molar-refractivity contribution in [2.45, 2.75) is 27.3 Å². The second kappa shape index (κ2) is 8.57. The topological polar surface area (TPSA) is 90.3 Å². The molecule has 0 unspecified atom stereocenters. The average Bonchev–Trinajstić information content (AvgIpc) is 2.69. The van der Waals surface area contributed by atoms with Crippen molar-refractivity contribution in [2.24, 2.45) is 0 Å². The number of nitrogens with one attached hydrogen (secondary N) is 1. The van der Waals surface area contributed by atoms with Crippen molar-refractivity contribution in [3.8, 4) is 0 Å². The van der Waals surface area contributed by atoms with Gasteiger partial charge in [0.15, 0.2) is 6.61 Å². The van der Waals surface area contributed by atoms with E-state index in [1.807, 2.05) is 26.0 Å².